The number of carboxylic acid groups (broad SMARTS) is 1. The maximum Gasteiger partial charge on any atom is 0.336 e. The molecule has 2 rings (SSSR count). The van der Waals surface area contributed by atoms with Crippen LogP contribution in [0.5, 0.6) is 0 Å². The van der Waals surface area contributed by atoms with E-state index in [0.29, 0.717) is 0 Å². The molecule has 10 nitrogen and oxygen atoms in total. The zero-order valence-electron chi connectivity index (χ0n) is 11.8. The van der Waals surface area contributed by atoms with E-state index in [2.05, 4.69) is 5.32 Å². The number of nitro groups is 2. The molecule has 122 valence electrons. The lowest BCUT2D eigenvalue weighted by atomic mass is 10.0. The number of para-hydroxylation sites is 2. The van der Waals surface area contributed by atoms with E-state index in [4.69, 9.17) is 5.11 Å². The molecule has 0 saturated heterocycles. The Morgan fingerprint density at radius 2 is 1.50 bits per heavy atom. The van der Waals surface area contributed by atoms with Gasteiger partial charge in [-0.1, -0.05) is 18.2 Å². The average Bonchev–Trinajstić information content (AvgIpc) is 2.54. The lowest BCUT2D eigenvalue weighted by Gasteiger charge is -2.08. The Kier molecular flexibility index (Phi) is 4.50. The van der Waals surface area contributed by atoms with Gasteiger partial charge in [-0.05, 0) is 12.1 Å². The SMILES string of the molecule is O=C(O)c1cccc([N+](=O)[O-])c1C(=O)Nc1ccccc1[N+](=O)[O-]. The van der Waals surface area contributed by atoms with Gasteiger partial charge in [0.2, 0.25) is 0 Å². The van der Waals surface area contributed by atoms with Crippen molar-refractivity contribution in [3.63, 3.8) is 0 Å². The number of hydrogen-bond acceptors (Lipinski definition) is 6. The summed E-state index contributed by atoms with van der Waals surface area (Å²) < 4.78 is 0. The Hall–Kier alpha value is -3.82. The molecule has 0 atom stereocenters. The molecule has 0 spiro atoms. The van der Waals surface area contributed by atoms with Gasteiger partial charge in [0.15, 0.2) is 0 Å². The van der Waals surface area contributed by atoms with Gasteiger partial charge in [-0.25, -0.2) is 4.79 Å². The monoisotopic (exact) mass is 331 g/mol. The molecule has 2 N–H and O–H groups in total. The highest BCUT2D eigenvalue weighted by Crippen LogP contribution is 2.27. The topological polar surface area (TPSA) is 153 Å². The van der Waals surface area contributed by atoms with Crippen molar-refractivity contribution in [2.75, 3.05) is 5.32 Å². The molecule has 0 aromatic heterocycles. The molecule has 0 heterocycles. The summed E-state index contributed by atoms with van der Waals surface area (Å²) in [6, 6.07) is 8.29. The van der Waals surface area contributed by atoms with E-state index in [-0.39, 0.29) is 5.69 Å². The molecule has 10 heteroatoms. The summed E-state index contributed by atoms with van der Waals surface area (Å²) in [6.07, 6.45) is 0. The minimum atomic E-state index is -1.54. The Bertz CT molecular complexity index is 831. The van der Waals surface area contributed by atoms with Crippen molar-refractivity contribution in [1.29, 1.82) is 0 Å². The highest BCUT2D eigenvalue weighted by molar-refractivity contribution is 6.13. The van der Waals surface area contributed by atoms with E-state index in [0.717, 1.165) is 24.3 Å². The molecule has 0 bridgehead atoms. The van der Waals surface area contributed by atoms with Crippen LogP contribution in [0.25, 0.3) is 0 Å². The molecule has 24 heavy (non-hydrogen) atoms. The van der Waals surface area contributed by atoms with Crippen LogP contribution in [-0.2, 0) is 0 Å². The first-order chi connectivity index (χ1) is 11.3. The summed E-state index contributed by atoms with van der Waals surface area (Å²) in [4.78, 5) is 43.9. The zero-order valence-corrected chi connectivity index (χ0v) is 11.8. The highest BCUT2D eigenvalue weighted by Gasteiger charge is 2.28. The van der Waals surface area contributed by atoms with Gasteiger partial charge in [0.05, 0.1) is 15.4 Å². The van der Waals surface area contributed by atoms with Gasteiger partial charge in [0.25, 0.3) is 17.3 Å². The number of carbonyl (C=O) groups excluding carboxylic acids is 1. The largest absolute Gasteiger partial charge is 0.478 e. The van der Waals surface area contributed by atoms with Crippen LogP contribution in [-0.4, -0.2) is 26.8 Å². The van der Waals surface area contributed by atoms with Gasteiger partial charge < -0.3 is 10.4 Å². The van der Waals surface area contributed by atoms with Crippen LogP contribution in [0.15, 0.2) is 42.5 Å². The van der Waals surface area contributed by atoms with Crippen molar-refractivity contribution in [2.24, 2.45) is 0 Å². The highest BCUT2D eigenvalue weighted by atomic mass is 16.6. The number of nitrogens with one attached hydrogen (secondary N) is 1. The summed E-state index contributed by atoms with van der Waals surface area (Å²) in [7, 11) is 0. The molecule has 2 aromatic rings. The van der Waals surface area contributed by atoms with E-state index in [9.17, 15) is 29.8 Å². The number of aromatic carboxylic acids is 1. The van der Waals surface area contributed by atoms with Crippen molar-refractivity contribution in [3.05, 3.63) is 73.8 Å². The summed E-state index contributed by atoms with van der Waals surface area (Å²) in [5.74, 6) is -2.67. The maximum absolute atomic E-state index is 12.3. The number of rotatable bonds is 5. The Morgan fingerprint density at radius 1 is 0.917 bits per heavy atom. The van der Waals surface area contributed by atoms with E-state index < -0.39 is 44.2 Å². The van der Waals surface area contributed by atoms with Crippen LogP contribution >= 0.6 is 0 Å². The lowest BCUT2D eigenvalue weighted by molar-refractivity contribution is -0.385. The van der Waals surface area contributed by atoms with Crippen LogP contribution in [0.1, 0.15) is 20.7 Å². The molecule has 1 amide bonds. The summed E-state index contributed by atoms with van der Waals surface area (Å²) in [5.41, 5.74) is -2.62. The average molecular weight is 331 g/mol. The van der Waals surface area contributed by atoms with Crippen molar-refractivity contribution < 1.29 is 24.5 Å². The number of hydrogen-bond donors (Lipinski definition) is 2. The minimum absolute atomic E-state index is 0.206. The second-order valence-electron chi connectivity index (χ2n) is 4.49. The molecular formula is C14H9N3O7. The van der Waals surface area contributed by atoms with Gasteiger partial charge in [-0.3, -0.25) is 25.0 Å². The van der Waals surface area contributed by atoms with E-state index in [1.165, 1.54) is 18.2 Å². The maximum atomic E-state index is 12.3. The number of amides is 1. The molecule has 2 aromatic carbocycles. The summed E-state index contributed by atoms with van der Waals surface area (Å²) >= 11 is 0. The van der Waals surface area contributed by atoms with Crippen LogP contribution in [0.3, 0.4) is 0 Å². The lowest BCUT2D eigenvalue weighted by Crippen LogP contribution is -2.19. The van der Waals surface area contributed by atoms with E-state index in [1.807, 2.05) is 0 Å². The van der Waals surface area contributed by atoms with Crippen LogP contribution < -0.4 is 5.32 Å². The smallest absolute Gasteiger partial charge is 0.336 e. The zero-order chi connectivity index (χ0) is 17.9. The minimum Gasteiger partial charge on any atom is -0.478 e. The van der Waals surface area contributed by atoms with Crippen molar-refractivity contribution in [2.45, 2.75) is 0 Å². The number of anilines is 1. The fourth-order valence-electron chi connectivity index (χ4n) is 2.03. The molecule has 0 aliphatic rings. The Morgan fingerprint density at radius 3 is 2.08 bits per heavy atom. The summed E-state index contributed by atoms with van der Waals surface area (Å²) in [6.45, 7) is 0. The predicted octanol–water partition coefficient (Wildman–Crippen LogP) is 2.45. The first-order valence-electron chi connectivity index (χ1n) is 6.38. The van der Waals surface area contributed by atoms with Crippen molar-refractivity contribution in [3.8, 4) is 0 Å². The fraction of sp³-hybridized carbons (Fsp3) is 0. The number of nitrogens with zero attached hydrogens (tertiary/aromatic N) is 2. The van der Waals surface area contributed by atoms with E-state index in [1.54, 1.807) is 0 Å². The molecule has 0 saturated carbocycles. The summed E-state index contributed by atoms with van der Waals surface area (Å²) in [5, 5.41) is 33.3. The van der Waals surface area contributed by atoms with E-state index >= 15 is 0 Å². The van der Waals surface area contributed by atoms with Gasteiger partial charge in [0, 0.05) is 12.1 Å². The van der Waals surface area contributed by atoms with Gasteiger partial charge in [-0.2, -0.15) is 0 Å². The Balaban J connectivity index is 2.53. The number of carboxylic acids is 1. The Labute approximate surface area is 133 Å². The van der Waals surface area contributed by atoms with Crippen molar-refractivity contribution in [1.82, 2.24) is 0 Å². The third kappa shape index (κ3) is 3.16. The van der Waals surface area contributed by atoms with Gasteiger partial charge >= 0.3 is 5.97 Å². The molecule has 0 aliphatic heterocycles. The van der Waals surface area contributed by atoms with Crippen LogP contribution in [0, 0.1) is 20.2 Å². The third-order valence-corrected chi connectivity index (χ3v) is 3.05. The molecule has 0 fully saturated rings. The second kappa shape index (κ2) is 6.52. The van der Waals surface area contributed by atoms with Gasteiger partial charge in [-0.15, -0.1) is 0 Å². The van der Waals surface area contributed by atoms with Crippen LogP contribution in [0.2, 0.25) is 0 Å². The molecular weight excluding hydrogens is 322 g/mol. The first kappa shape index (κ1) is 16.5. The quantitative estimate of drug-likeness (QED) is 0.630. The molecule has 0 radical (unpaired) electrons. The van der Waals surface area contributed by atoms with Crippen LogP contribution in [0.4, 0.5) is 17.1 Å². The third-order valence-electron chi connectivity index (χ3n) is 3.05. The first-order valence-corrected chi connectivity index (χ1v) is 6.38. The second-order valence-corrected chi connectivity index (χ2v) is 4.49. The number of benzene rings is 2. The number of carbonyl (C=O) groups is 2. The number of nitro benzene ring substituents is 2. The predicted molar refractivity (Wildman–Crippen MR) is 81.1 cm³/mol. The molecule has 0 unspecified atom stereocenters. The normalized spacial score (nSPS) is 10.0. The van der Waals surface area contributed by atoms with Crippen molar-refractivity contribution >= 4 is 28.9 Å². The fourth-order valence-corrected chi connectivity index (χ4v) is 2.03. The molecule has 0 aliphatic carbocycles. The van der Waals surface area contributed by atoms with Gasteiger partial charge in [0.1, 0.15) is 11.3 Å². The standard InChI is InChI=1S/C14H9N3O7/c18-13(15-9-5-1-2-6-10(9)16(21)22)12-8(14(19)20)4-3-7-11(12)17(23)24/h1-7H,(H,15,18)(H,19,20).